The molecule has 1 unspecified atom stereocenters. The van der Waals surface area contributed by atoms with Crippen LogP contribution in [-0.2, 0) is 9.59 Å². The van der Waals surface area contributed by atoms with E-state index in [4.69, 9.17) is 0 Å². The van der Waals surface area contributed by atoms with Gasteiger partial charge < -0.3 is 10.4 Å². The van der Waals surface area contributed by atoms with Crippen LogP contribution in [0.15, 0.2) is 18.2 Å². The van der Waals surface area contributed by atoms with Gasteiger partial charge in [0.25, 0.3) is 0 Å². The van der Waals surface area contributed by atoms with Gasteiger partial charge in [0.1, 0.15) is 6.04 Å². The van der Waals surface area contributed by atoms with Crippen LogP contribution in [0.1, 0.15) is 11.1 Å². The normalized spacial score (nSPS) is 19.2. The highest BCUT2D eigenvalue weighted by Gasteiger charge is 2.30. The lowest BCUT2D eigenvalue weighted by Gasteiger charge is -2.31. The minimum atomic E-state index is -0.859. The Kier molecular flexibility index (Phi) is 5.25. The van der Waals surface area contributed by atoms with Crippen molar-refractivity contribution in [1.82, 2.24) is 4.90 Å². The molecule has 0 saturated carbocycles. The Morgan fingerprint density at radius 1 is 1.38 bits per heavy atom. The SMILES string of the molecule is Cc1cccc(C)c1NC(=O)CN1CCSCC1C(=O)O. The van der Waals surface area contributed by atoms with Crippen LogP contribution in [0.5, 0.6) is 0 Å². The maximum Gasteiger partial charge on any atom is 0.321 e. The van der Waals surface area contributed by atoms with Crippen LogP contribution in [0, 0.1) is 13.8 Å². The quantitative estimate of drug-likeness (QED) is 0.887. The number of para-hydroxylation sites is 1. The van der Waals surface area contributed by atoms with Crippen LogP contribution in [-0.4, -0.2) is 52.5 Å². The number of carbonyl (C=O) groups is 2. The van der Waals surface area contributed by atoms with Crippen LogP contribution < -0.4 is 5.32 Å². The van der Waals surface area contributed by atoms with Crippen molar-refractivity contribution < 1.29 is 14.7 Å². The lowest BCUT2D eigenvalue weighted by molar-refractivity contribution is -0.142. The predicted octanol–water partition coefficient (Wildman–Crippen LogP) is 1.74. The highest BCUT2D eigenvalue weighted by atomic mass is 32.2. The van der Waals surface area contributed by atoms with E-state index in [1.807, 2.05) is 32.0 Å². The van der Waals surface area contributed by atoms with Crippen LogP contribution in [0.25, 0.3) is 0 Å². The first-order valence-corrected chi connectivity index (χ1v) is 8.05. The third kappa shape index (κ3) is 3.98. The first-order chi connectivity index (χ1) is 9.99. The van der Waals surface area contributed by atoms with E-state index in [1.54, 1.807) is 16.7 Å². The number of amides is 1. The summed E-state index contributed by atoms with van der Waals surface area (Å²) in [4.78, 5) is 25.2. The van der Waals surface area contributed by atoms with Gasteiger partial charge in [-0.1, -0.05) is 18.2 Å². The smallest absolute Gasteiger partial charge is 0.321 e. The zero-order valence-electron chi connectivity index (χ0n) is 12.3. The Balaban J connectivity index is 2.02. The van der Waals surface area contributed by atoms with Gasteiger partial charge in [0.2, 0.25) is 5.91 Å². The summed E-state index contributed by atoms with van der Waals surface area (Å²) < 4.78 is 0. The maximum absolute atomic E-state index is 12.2. The van der Waals surface area contributed by atoms with Crippen molar-refractivity contribution in [3.63, 3.8) is 0 Å². The predicted molar refractivity (Wildman–Crippen MR) is 84.9 cm³/mol. The molecule has 1 aromatic rings. The van der Waals surface area contributed by atoms with E-state index in [0.717, 1.165) is 22.6 Å². The zero-order chi connectivity index (χ0) is 15.4. The van der Waals surface area contributed by atoms with Gasteiger partial charge in [-0.2, -0.15) is 11.8 Å². The number of nitrogens with one attached hydrogen (secondary N) is 1. The molecule has 1 aliphatic rings. The van der Waals surface area contributed by atoms with Gasteiger partial charge in [0.05, 0.1) is 6.54 Å². The molecule has 2 rings (SSSR count). The molecule has 1 aliphatic heterocycles. The summed E-state index contributed by atoms with van der Waals surface area (Å²) in [6.07, 6.45) is 0. The number of thioether (sulfide) groups is 1. The Labute approximate surface area is 128 Å². The van der Waals surface area contributed by atoms with Crippen molar-refractivity contribution in [2.24, 2.45) is 0 Å². The summed E-state index contributed by atoms with van der Waals surface area (Å²) in [5, 5.41) is 12.1. The Morgan fingerprint density at radius 2 is 2.05 bits per heavy atom. The van der Waals surface area contributed by atoms with Crippen LogP contribution in [0.2, 0.25) is 0 Å². The number of carboxylic acid groups (broad SMARTS) is 1. The summed E-state index contributed by atoms with van der Waals surface area (Å²) in [5.74, 6) is 0.375. The van der Waals surface area contributed by atoms with Gasteiger partial charge in [-0.15, -0.1) is 0 Å². The standard InChI is InChI=1S/C15H20N2O3S/c1-10-4-3-5-11(2)14(10)16-13(18)8-17-6-7-21-9-12(17)15(19)20/h3-5,12H,6-9H2,1-2H3,(H,16,18)(H,19,20). The molecule has 5 nitrogen and oxygen atoms in total. The molecule has 1 saturated heterocycles. The first-order valence-electron chi connectivity index (χ1n) is 6.89. The molecule has 1 heterocycles. The van der Waals surface area contributed by atoms with E-state index in [2.05, 4.69) is 5.32 Å². The number of benzene rings is 1. The second-order valence-electron chi connectivity index (χ2n) is 5.21. The summed E-state index contributed by atoms with van der Waals surface area (Å²) >= 11 is 1.62. The second kappa shape index (κ2) is 6.95. The fraction of sp³-hybridized carbons (Fsp3) is 0.467. The molecule has 6 heteroatoms. The molecule has 1 fully saturated rings. The fourth-order valence-electron chi connectivity index (χ4n) is 2.43. The molecular weight excluding hydrogens is 288 g/mol. The number of rotatable bonds is 4. The summed E-state index contributed by atoms with van der Waals surface area (Å²) in [7, 11) is 0. The highest BCUT2D eigenvalue weighted by Crippen LogP contribution is 2.20. The molecule has 0 spiro atoms. The van der Waals surface area contributed by atoms with E-state index in [1.165, 1.54) is 0 Å². The fourth-order valence-corrected chi connectivity index (χ4v) is 3.54. The van der Waals surface area contributed by atoms with Gasteiger partial charge in [0, 0.05) is 23.7 Å². The Morgan fingerprint density at radius 3 is 2.67 bits per heavy atom. The minimum Gasteiger partial charge on any atom is -0.480 e. The maximum atomic E-state index is 12.2. The van der Waals surface area contributed by atoms with E-state index < -0.39 is 12.0 Å². The molecule has 1 amide bonds. The lowest BCUT2D eigenvalue weighted by Crippen LogP contribution is -2.50. The first kappa shape index (κ1) is 15.9. The van der Waals surface area contributed by atoms with Crippen molar-refractivity contribution >= 4 is 29.3 Å². The highest BCUT2D eigenvalue weighted by molar-refractivity contribution is 7.99. The van der Waals surface area contributed by atoms with E-state index in [-0.39, 0.29) is 12.5 Å². The summed E-state index contributed by atoms with van der Waals surface area (Å²) in [5.41, 5.74) is 2.83. The Hall–Kier alpha value is -1.53. The minimum absolute atomic E-state index is 0.116. The van der Waals surface area contributed by atoms with Crippen LogP contribution in [0.3, 0.4) is 0 Å². The molecule has 21 heavy (non-hydrogen) atoms. The van der Waals surface area contributed by atoms with Crippen molar-refractivity contribution in [3.05, 3.63) is 29.3 Å². The molecule has 2 N–H and O–H groups in total. The van der Waals surface area contributed by atoms with Crippen molar-refractivity contribution in [2.75, 3.05) is 29.9 Å². The van der Waals surface area contributed by atoms with Crippen molar-refractivity contribution in [2.45, 2.75) is 19.9 Å². The largest absolute Gasteiger partial charge is 0.480 e. The van der Waals surface area contributed by atoms with E-state index >= 15 is 0 Å². The molecule has 0 bridgehead atoms. The van der Waals surface area contributed by atoms with Gasteiger partial charge in [-0.05, 0) is 25.0 Å². The topological polar surface area (TPSA) is 69.6 Å². The van der Waals surface area contributed by atoms with E-state index in [9.17, 15) is 14.7 Å². The monoisotopic (exact) mass is 308 g/mol. The van der Waals surface area contributed by atoms with Crippen molar-refractivity contribution in [3.8, 4) is 0 Å². The van der Waals surface area contributed by atoms with Crippen molar-refractivity contribution in [1.29, 1.82) is 0 Å². The van der Waals surface area contributed by atoms with Gasteiger partial charge in [-0.3, -0.25) is 14.5 Å². The number of anilines is 1. The van der Waals surface area contributed by atoms with Gasteiger partial charge >= 0.3 is 5.97 Å². The number of hydrogen-bond acceptors (Lipinski definition) is 4. The second-order valence-corrected chi connectivity index (χ2v) is 6.36. The van der Waals surface area contributed by atoms with E-state index in [0.29, 0.717) is 12.3 Å². The molecule has 0 radical (unpaired) electrons. The van der Waals surface area contributed by atoms with Crippen LogP contribution in [0.4, 0.5) is 5.69 Å². The third-order valence-electron chi connectivity index (χ3n) is 3.62. The lowest BCUT2D eigenvalue weighted by atomic mass is 10.1. The zero-order valence-corrected chi connectivity index (χ0v) is 13.1. The Bertz CT molecular complexity index is 527. The number of aliphatic carboxylic acids is 1. The van der Waals surface area contributed by atoms with Crippen LogP contribution >= 0.6 is 11.8 Å². The molecule has 114 valence electrons. The number of hydrogen-bond donors (Lipinski definition) is 2. The number of carbonyl (C=O) groups excluding carboxylic acids is 1. The molecule has 0 aromatic heterocycles. The molecular formula is C15H20N2O3S. The molecule has 1 atom stereocenters. The molecule has 0 aliphatic carbocycles. The number of carboxylic acids is 1. The summed E-state index contributed by atoms with van der Waals surface area (Å²) in [6, 6.07) is 5.26. The number of aryl methyl sites for hydroxylation is 2. The number of nitrogens with zero attached hydrogens (tertiary/aromatic N) is 1. The average molecular weight is 308 g/mol. The third-order valence-corrected chi connectivity index (χ3v) is 4.64. The average Bonchev–Trinajstić information content (AvgIpc) is 2.43. The van der Waals surface area contributed by atoms with Gasteiger partial charge in [0.15, 0.2) is 0 Å². The molecule has 1 aromatic carbocycles. The van der Waals surface area contributed by atoms with Gasteiger partial charge in [-0.25, -0.2) is 0 Å². The summed E-state index contributed by atoms with van der Waals surface area (Å²) in [6.45, 7) is 4.63.